The highest BCUT2D eigenvalue weighted by atomic mass is 16.5. The molecular formula is C22H27N3O3. The number of anilines is 1. The summed E-state index contributed by atoms with van der Waals surface area (Å²) in [5.74, 6) is 0.0375. The first-order valence-corrected chi connectivity index (χ1v) is 9.20. The Morgan fingerprint density at radius 3 is 2.61 bits per heavy atom. The molecule has 1 unspecified atom stereocenters. The smallest absolute Gasteiger partial charge is 0.238 e. The monoisotopic (exact) mass is 381 g/mol. The van der Waals surface area contributed by atoms with Gasteiger partial charge in [-0.1, -0.05) is 39.8 Å². The fourth-order valence-corrected chi connectivity index (χ4v) is 3.00. The number of carbonyl (C=O) groups is 1. The fraction of sp³-hybridized carbons (Fsp3) is 0.409. The van der Waals surface area contributed by atoms with Gasteiger partial charge in [0.1, 0.15) is 11.8 Å². The van der Waals surface area contributed by atoms with Crippen LogP contribution in [0.15, 0.2) is 24.3 Å². The number of rotatable bonds is 5. The number of hydrogen-bond acceptors (Lipinski definition) is 5. The number of nitriles is 1. The van der Waals surface area contributed by atoms with Crippen molar-refractivity contribution in [3.63, 3.8) is 0 Å². The zero-order valence-electron chi connectivity index (χ0n) is 17.3. The molecule has 0 saturated heterocycles. The molecule has 2 N–H and O–H groups in total. The Balaban J connectivity index is 2.73. The van der Waals surface area contributed by atoms with Crippen LogP contribution in [0.5, 0.6) is 5.88 Å². The molecule has 1 heterocycles. The number of aromatic nitrogens is 1. The van der Waals surface area contributed by atoms with E-state index in [2.05, 4.69) is 16.4 Å². The number of amides is 1. The van der Waals surface area contributed by atoms with E-state index < -0.39 is 11.5 Å². The second-order valence-electron chi connectivity index (χ2n) is 7.67. The van der Waals surface area contributed by atoms with E-state index in [1.165, 1.54) is 7.11 Å². The van der Waals surface area contributed by atoms with Crippen LogP contribution in [0.3, 0.4) is 0 Å². The summed E-state index contributed by atoms with van der Waals surface area (Å²) in [5.41, 5.74) is 2.84. The highest BCUT2D eigenvalue weighted by Crippen LogP contribution is 2.39. The number of aryl methyl sites for hydroxylation is 1. The quantitative estimate of drug-likeness (QED) is 0.819. The third-order valence-corrected chi connectivity index (χ3v) is 4.59. The summed E-state index contributed by atoms with van der Waals surface area (Å²) in [5, 5.41) is 23.3. The van der Waals surface area contributed by atoms with E-state index in [4.69, 9.17) is 4.74 Å². The largest absolute Gasteiger partial charge is 0.479 e. The maximum Gasteiger partial charge on any atom is 0.238 e. The van der Waals surface area contributed by atoms with Gasteiger partial charge in [0, 0.05) is 16.7 Å². The molecule has 0 radical (unpaired) electrons. The SMILES string of the molecule is CCc1c(C)nc(OC)c(NC(=O)C(C)(C)C)c1C(O)c1cccc(C#N)c1. The molecule has 0 aliphatic heterocycles. The lowest BCUT2D eigenvalue weighted by Gasteiger charge is -2.25. The zero-order chi connectivity index (χ0) is 21.1. The molecule has 0 aliphatic carbocycles. The lowest BCUT2D eigenvalue weighted by Crippen LogP contribution is -2.29. The highest BCUT2D eigenvalue weighted by molar-refractivity contribution is 5.96. The van der Waals surface area contributed by atoms with Crippen molar-refractivity contribution in [3.05, 3.63) is 52.2 Å². The molecule has 0 fully saturated rings. The number of methoxy groups -OCH3 is 1. The molecule has 6 heteroatoms. The summed E-state index contributed by atoms with van der Waals surface area (Å²) in [6.07, 6.45) is -0.430. The topological polar surface area (TPSA) is 95.2 Å². The van der Waals surface area contributed by atoms with Crippen LogP contribution in [0.25, 0.3) is 0 Å². The van der Waals surface area contributed by atoms with Crippen LogP contribution in [0, 0.1) is 23.7 Å². The van der Waals surface area contributed by atoms with Gasteiger partial charge in [-0.15, -0.1) is 0 Å². The lowest BCUT2D eigenvalue weighted by atomic mass is 9.91. The summed E-state index contributed by atoms with van der Waals surface area (Å²) in [6, 6.07) is 8.88. The number of carbonyl (C=O) groups excluding carboxylic acids is 1. The molecule has 0 saturated carbocycles. The maximum absolute atomic E-state index is 12.7. The zero-order valence-corrected chi connectivity index (χ0v) is 17.3. The first kappa shape index (κ1) is 21.4. The van der Waals surface area contributed by atoms with Gasteiger partial charge in [-0.25, -0.2) is 4.98 Å². The molecule has 1 aromatic carbocycles. The van der Waals surface area contributed by atoms with Gasteiger partial charge in [0.15, 0.2) is 0 Å². The van der Waals surface area contributed by atoms with E-state index in [1.807, 2.05) is 34.6 Å². The molecule has 1 amide bonds. The summed E-state index contributed by atoms with van der Waals surface area (Å²) in [6.45, 7) is 9.24. The Hall–Kier alpha value is -2.91. The van der Waals surface area contributed by atoms with E-state index in [9.17, 15) is 15.2 Å². The van der Waals surface area contributed by atoms with Crippen molar-refractivity contribution in [3.8, 4) is 11.9 Å². The molecule has 28 heavy (non-hydrogen) atoms. The predicted molar refractivity (Wildman–Crippen MR) is 108 cm³/mol. The Bertz CT molecular complexity index is 924. The van der Waals surface area contributed by atoms with E-state index >= 15 is 0 Å². The molecule has 6 nitrogen and oxygen atoms in total. The van der Waals surface area contributed by atoms with Crippen molar-refractivity contribution in [2.45, 2.75) is 47.1 Å². The minimum absolute atomic E-state index is 0.210. The lowest BCUT2D eigenvalue weighted by molar-refractivity contribution is -0.123. The predicted octanol–water partition coefficient (Wildman–Crippen LogP) is 3.90. The van der Waals surface area contributed by atoms with Gasteiger partial charge in [0.05, 0.1) is 18.7 Å². The van der Waals surface area contributed by atoms with Crippen LogP contribution >= 0.6 is 0 Å². The molecule has 2 aromatic rings. The number of aliphatic hydroxyl groups excluding tert-OH is 1. The minimum Gasteiger partial charge on any atom is -0.479 e. The Kier molecular flexibility index (Phi) is 6.42. The first-order chi connectivity index (χ1) is 13.1. The molecule has 1 aromatic heterocycles. The molecule has 1 atom stereocenters. The van der Waals surface area contributed by atoms with Gasteiger partial charge in [-0.2, -0.15) is 5.26 Å². The number of nitrogens with zero attached hydrogens (tertiary/aromatic N) is 2. The number of ether oxygens (including phenoxy) is 1. The highest BCUT2D eigenvalue weighted by Gasteiger charge is 2.29. The van der Waals surface area contributed by atoms with Crippen molar-refractivity contribution in [1.82, 2.24) is 4.98 Å². The van der Waals surface area contributed by atoms with Gasteiger partial charge in [-0.05, 0) is 36.6 Å². The molecule has 2 rings (SSSR count). The van der Waals surface area contributed by atoms with E-state index in [1.54, 1.807) is 24.3 Å². The molecule has 0 bridgehead atoms. The van der Waals surface area contributed by atoms with Crippen molar-refractivity contribution in [2.24, 2.45) is 5.41 Å². The molecule has 0 spiro atoms. The van der Waals surface area contributed by atoms with Crippen molar-refractivity contribution >= 4 is 11.6 Å². The third kappa shape index (κ3) is 4.32. The van der Waals surface area contributed by atoms with Crippen LogP contribution in [0.2, 0.25) is 0 Å². The number of hydrogen-bond donors (Lipinski definition) is 2. The number of nitrogens with one attached hydrogen (secondary N) is 1. The van der Waals surface area contributed by atoms with Gasteiger partial charge in [-0.3, -0.25) is 4.79 Å². The Labute approximate surface area is 166 Å². The van der Waals surface area contributed by atoms with Crippen LogP contribution in [0.4, 0.5) is 5.69 Å². The van der Waals surface area contributed by atoms with E-state index in [0.717, 1.165) is 11.3 Å². The number of pyridine rings is 1. The summed E-state index contributed by atoms with van der Waals surface area (Å²) >= 11 is 0. The summed E-state index contributed by atoms with van der Waals surface area (Å²) < 4.78 is 5.42. The number of aliphatic hydroxyl groups is 1. The van der Waals surface area contributed by atoms with Gasteiger partial charge in [0.2, 0.25) is 11.8 Å². The summed E-state index contributed by atoms with van der Waals surface area (Å²) in [7, 11) is 1.48. The fourth-order valence-electron chi connectivity index (χ4n) is 3.00. The minimum atomic E-state index is -1.05. The molecule has 148 valence electrons. The van der Waals surface area contributed by atoms with Crippen LogP contribution < -0.4 is 10.1 Å². The second-order valence-corrected chi connectivity index (χ2v) is 7.67. The maximum atomic E-state index is 12.7. The average Bonchev–Trinajstić information content (AvgIpc) is 2.67. The number of benzene rings is 1. The normalized spacial score (nSPS) is 12.2. The summed E-state index contributed by atoms with van der Waals surface area (Å²) in [4.78, 5) is 17.1. The molecular weight excluding hydrogens is 354 g/mol. The Morgan fingerprint density at radius 2 is 2.07 bits per heavy atom. The van der Waals surface area contributed by atoms with Gasteiger partial charge in [0.25, 0.3) is 0 Å². The van der Waals surface area contributed by atoms with E-state index in [0.29, 0.717) is 28.8 Å². The van der Waals surface area contributed by atoms with Crippen LogP contribution in [-0.4, -0.2) is 23.1 Å². The second kappa shape index (κ2) is 8.41. The standard InChI is InChI=1S/C22H27N3O3/c1-7-16-13(2)24-20(28-6)18(25-21(27)22(3,4)5)17(16)19(26)15-10-8-9-14(11-15)12-23/h8-11,19,26H,7H2,1-6H3,(H,25,27). The van der Waals surface area contributed by atoms with Crippen molar-refractivity contribution < 1.29 is 14.6 Å². The van der Waals surface area contributed by atoms with Crippen molar-refractivity contribution in [1.29, 1.82) is 5.26 Å². The van der Waals surface area contributed by atoms with Crippen molar-refractivity contribution in [2.75, 3.05) is 12.4 Å². The van der Waals surface area contributed by atoms with Gasteiger partial charge < -0.3 is 15.2 Å². The third-order valence-electron chi connectivity index (χ3n) is 4.59. The van der Waals surface area contributed by atoms with E-state index in [-0.39, 0.29) is 11.8 Å². The first-order valence-electron chi connectivity index (χ1n) is 9.20. The average molecular weight is 381 g/mol. The Morgan fingerprint density at radius 1 is 1.39 bits per heavy atom. The van der Waals surface area contributed by atoms with Crippen LogP contribution in [-0.2, 0) is 11.2 Å². The molecule has 0 aliphatic rings. The van der Waals surface area contributed by atoms with Gasteiger partial charge >= 0.3 is 0 Å². The van der Waals surface area contributed by atoms with Crippen LogP contribution in [0.1, 0.15) is 61.7 Å².